The van der Waals surface area contributed by atoms with E-state index in [-0.39, 0.29) is 18.5 Å². The average Bonchev–Trinajstić information content (AvgIpc) is 2.48. The molecule has 128 valence electrons. The molecule has 0 saturated heterocycles. The van der Waals surface area contributed by atoms with Crippen molar-refractivity contribution in [2.45, 2.75) is 26.3 Å². The quantitative estimate of drug-likeness (QED) is 0.623. The van der Waals surface area contributed by atoms with Gasteiger partial charge >= 0.3 is 6.03 Å². The number of rotatable bonds is 8. The van der Waals surface area contributed by atoms with Crippen LogP contribution >= 0.6 is 15.9 Å². The molecule has 0 aliphatic rings. The number of urea groups is 1. The summed E-state index contributed by atoms with van der Waals surface area (Å²) in [6.45, 7) is 5.24. The van der Waals surface area contributed by atoms with Gasteiger partial charge in [-0.3, -0.25) is 10.1 Å². The zero-order valence-corrected chi connectivity index (χ0v) is 15.4. The van der Waals surface area contributed by atoms with Gasteiger partial charge in [0.25, 0.3) is 5.91 Å². The van der Waals surface area contributed by atoms with E-state index in [1.165, 1.54) is 0 Å². The summed E-state index contributed by atoms with van der Waals surface area (Å²) in [5.41, 5.74) is 0. The van der Waals surface area contributed by atoms with Crippen LogP contribution in [0.1, 0.15) is 20.3 Å². The summed E-state index contributed by atoms with van der Waals surface area (Å²) in [6.07, 6.45) is 0.820. The molecule has 2 atom stereocenters. The number of imide groups is 1. The first-order valence-corrected chi connectivity index (χ1v) is 8.50. The van der Waals surface area contributed by atoms with E-state index in [2.05, 4.69) is 26.6 Å². The third kappa shape index (κ3) is 8.56. The lowest BCUT2D eigenvalue weighted by atomic mass is 10.3. The molecule has 0 saturated carbocycles. The van der Waals surface area contributed by atoms with Crippen molar-refractivity contribution < 1.29 is 19.2 Å². The highest BCUT2D eigenvalue weighted by Crippen LogP contribution is 2.15. The van der Waals surface area contributed by atoms with Gasteiger partial charge < -0.3 is 15.0 Å². The fraction of sp³-hybridized carbons (Fsp3) is 0.500. The van der Waals surface area contributed by atoms with Crippen LogP contribution in [0, 0.1) is 0 Å². The molecule has 1 unspecified atom stereocenters. The third-order valence-corrected chi connectivity index (χ3v) is 3.85. The first-order chi connectivity index (χ1) is 10.9. The largest absolute Gasteiger partial charge is 0.488 e. The summed E-state index contributed by atoms with van der Waals surface area (Å²) in [6, 6.07) is 7.19. The van der Waals surface area contributed by atoms with Gasteiger partial charge in [-0.05, 0) is 37.6 Å². The highest BCUT2D eigenvalue weighted by atomic mass is 79.9. The van der Waals surface area contributed by atoms with Gasteiger partial charge in [0, 0.05) is 10.5 Å². The maximum atomic E-state index is 11.8. The van der Waals surface area contributed by atoms with Crippen LogP contribution in [0.15, 0.2) is 28.7 Å². The Kier molecular flexibility index (Phi) is 8.65. The zero-order valence-electron chi connectivity index (χ0n) is 13.8. The first-order valence-electron chi connectivity index (χ1n) is 7.70. The van der Waals surface area contributed by atoms with Gasteiger partial charge in [-0.25, -0.2) is 4.79 Å². The van der Waals surface area contributed by atoms with Crippen LogP contribution in [-0.2, 0) is 4.79 Å². The Morgan fingerprint density at radius 3 is 2.57 bits per heavy atom. The van der Waals surface area contributed by atoms with Crippen molar-refractivity contribution in [3.05, 3.63) is 28.7 Å². The first kappa shape index (κ1) is 19.4. The predicted molar refractivity (Wildman–Crippen MR) is 92.7 cm³/mol. The Bertz CT molecular complexity index is 508. The van der Waals surface area contributed by atoms with Crippen LogP contribution in [0.25, 0.3) is 0 Å². The Labute approximate surface area is 145 Å². The smallest absolute Gasteiger partial charge is 0.321 e. The molecule has 3 N–H and O–H groups in total. The van der Waals surface area contributed by atoms with Gasteiger partial charge in [0.05, 0.1) is 7.05 Å². The Morgan fingerprint density at radius 2 is 1.96 bits per heavy atom. The minimum atomic E-state index is -0.441. The monoisotopic (exact) mass is 386 g/mol. The van der Waals surface area contributed by atoms with Crippen LogP contribution in [0.4, 0.5) is 4.79 Å². The van der Waals surface area contributed by atoms with Gasteiger partial charge in [0.2, 0.25) is 0 Å². The molecule has 7 heteroatoms. The van der Waals surface area contributed by atoms with Crippen molar-refractivity contribution >= 4 is 27.9 Å². The van der Waals surface area contributed by atoms with Crippen LogP contribution < -0.4 is 20.3 Å². The lowest BCUT2D eigenvalue weighted by Crippen LogP contribution is -3.10. The molecule has 1 aromatic rings. The fourth-order valence-corrected chi connectivity index (χ4v) is 2.03. The number of carbonyl (C=O) groups is 2. The lowest BCUT2D eigenvalue weighted by molar-refractivity contribution is -0.871. The highest BCUT2D eigenvalue weighted by molar-refractivity contribution is 9.10. The maximum Gasteiger partial charge on any atom is 0.321 e. The van der Waals surface area contributed by atoms with Gasteiger partial charge in [-0.15, -0.1) is 0 Å². The molecule has 1 rings (SSSR count). The summed E-state index contributed by atoms with van der Waals surface area (Å²) >= 11 is 3.37. The van der Waals surface area contributed by atoms with E-state index in [0.717, 1.165) is 21.5 Å². The second-order valence-electron chi connectivity index (χ2n) is 5.52. The summed E-state index contributed by atoms with van der Waals surface area (Å²) < 4.78 is 6.61. The van der Waals surface area contributed by atoms with E-state index in [1.54, 1.807) is 0 Å². The van der Waals surface area contributed by atoms with E-state index < -0.39 is 6.03 Å². The number of amides is 3. The summed E-state index contributed by atoms with van der Waals surface area (Å²) in [5.74, 6) is 0.491. The van der Waals surface area contributed by atoms with Crippen molar-refractivity contribution in [2.24, 2.45) is 0 Å². The second kappa shape index (κ2) is 10.2. The number of ether oxygens (including phenoxy) is 1. The van der Waals surface area contributed by atoms with Crippen LogP contribution in [0.3, 0.4) is 0 Å². The van der Waals surface area contributed by atoms with Gasteiger partial charge in [0.15, 0.2) is 6.54 Å². The zero-order chi connectivity index (χ0) is 17.2. The van der Waals surface area contributed by atoms with E-state index in [1.807, 2.05) is 45.2 Å². The third-order valence-electron chi connectivity index (χ3n) is 3.32. The molecule has 1 aromatic carbocycles. The Balaban J connectivity index is 2.22. The number of halogens is 1. The predicted octanol–water partition coefficient (Wildman–Crippen LogP) is 0.967. The molecule has 0 radical (unpaired) electrons. The maximum absolute atomic E-state index is 11.8. The van der Waals surface area contributed by atoms with Gasteiger partial charge in [0.1, 0.15) is 18.9 Å². The lowest BCUT2D eigenvalue weighted by Gasteiger charge is -2.15. The van der Waals surface area contributed by atoms with E-state index >= 15 is 0 Å². The molecule has 0 spiro atoms. The number of carbonyl (C=O) groups excluding carboxylic acids is 2. The number of likely N-dealkylation sites (N-methyl/N-ethyl adjacent to an activating group) is 1. The standard InChI is InChI=1S/C16H24BrN3O3/c1-4-12(2)18-16(22)19-15(21)11-20(3)9-10-23-14-7-5-13(17)6-8-14/h5-8,12H,4,9-11H2,1-3H3,(H2,18,19,21,22)/p+1/t12-/m1/s1. The van der Waals surface area contributed by atoms with Gasteiger partial charge in [-0.1, -0.05) is 22.9 Å². The molecule has 0 fully saturated rings. The average molecular weight is 387 g/mol. The molecular weight excluding hydrogens is 362 g/mol. The summed E-state index contributed by atoms with van der Waals surface area (Å²) in [5, 5.41) is 5.03. The number of quaternary nitrogens is 1. The number of hydrogen-bond acceptors (Lipinski definition) is 3. The molecule has 0 aromatic heterocycles. The van der Waals surface area contributed by atoms with Crippen molar-refractivity contribution in [1.29, 1.82) is 0 Å². The number of hydrogen-bond donors (Lipinski definition) is 3. The molecule has 0 heterocycles. The normalized spacial score (nSPS) is 13.0. The number of nitrogens with one attached hydrogen (secondary N) is 3. The van der Waals surface area contributed by atoms with Crippen LogP contribution in [0.5, 0.6) is 5.75 Å². The number of benzene rings is 1. The van der Waals surface area contributed by atoms with Crippen LogP contribution in [0.2, 0.25) is 0 Å². The van der Waals surface area contributed by atoms with Crippen molar-refractivity contribution in [3.8, 4) is 5.75 Å². The molecule has 6 nitrogen and oxygen atoms in total. The second-order valence-corrected chi connectivity index (χ2v) is 6.43. The topological polar surface area (TPSA) is 71.9 Å². The van der Waals surface area contributed by atoms with Crippen molar-refractivity contribution in [2.75, 3.05) is 26.7 Å². The fourth-order valence-electron chi connectivity index (χ4n) is 1.77. The molecule has 0 bridgehead atoms. The SMILES string of the molecule is CC[C@@H](C)NC(=O)NC(=O)C[NH+](C)CCOc1ccc(Br)cc1. The molecule has 0 aliphatic heterocycles. The van der Waals surface area contributed by atoms with Crippen molar-refractivity contribution in [1.82, 2.24) is 10.6 Å². The molecule has 0 aliphatic carbocycles. The van der Waals surface area contributed by atoms with Crippen molar-refractivity contribution in [3.63, 3.8) is 0 Å². The molecule has 3 amide bonds. The Hall–Kier alpha value is -1.60. The van der Waals surface area contributed by atoms with E-state index in [0.29, 0.717) is 13.2 Å². The summed E-state index contributed by atoms with van der Waals surface area (Å²) in [4.78, 5) is 24.3. The van der Waals surface area contributed by atoms with Gasteiger partial charge in [-0.2, -0.15) is 0 Å². The minimum Gasteiger partial charge on any atom is -0.488 e. The van der Waals surface area contributed by atoms with E-state index in [9.17, 15) is 9.59 Å². The van der Waals surface area contributed by atoms with E-state index in [4.69, 9.17) is 4.74 Å². The highest BCUT2D eigenvalue weighted by Gasteiger charge is 2.14. The Morgan fingerprint density at radius 1 is 1.30 bits per heavy atom. The van der Waals surface area contributed by atoms with Crippen LogP contribution in [-0.4, -0.2) is 44.7 Å². The molecular formula is C16H25BrN3O3+. The summed E-state index contributed by atoms with van der Waals surface area (Å²) in [7, 11) is 1.89. The minimum absolute atomic E-state index is 0.0483. The molecule has 23 heavy (non-hydrogen) atoms.